The van der Waals surface area contributed by atoms with Gasteiger partial charge in [-0.1, -0.05) is 65.7 Å². The molecule has 0 aromatic heterocycles. The molecular formula is C27H30O5. The lowest BCUT2D eigenvalue weighted by Gasteiger charge is -2.33. The highest BCUT2D eigenvalue weighted by Gasteiger charge is 2.56. The molecular weight excluding hydrogens is 404 g/mol. The van der Waals surface area contributed by atoms with E-state index < -0.39 is 24.1 Å². The van der Waals surface area contributed by atoms with E-state index in [4.69, 9.17) is 18.9 Å². The molecule has 5 nitrogen and oxygen atoms in total. The smallest absolute Gasteiger partial charge is 0.188 e. The van der Waals surface area contributed by atoms with Gasteiger partial charge in [-0.2, -0.15) is 0 Å². The molecule has 1 heterocycles. The monoisotopic (exact) mass is 434 g/mol. The summed E-state index contributed by atoms with van der Waals surface area (Å²) in [5.74, 6) is 1.43. The maximum Gasteiger partial charge on any atom is 0.188 e. The molecule has 3 aromatic rings. The zero-order valence-electron chi connectivity index (χ0n) is 18.7. The minimum absolute atomic E-state index is 0.223. The van der Waals surface area contributed by atoms with E-state index in [1.165, 1.54) is 0 Å². The highest BCUT2D eigenvalue weighted by atomic mass is 16.7. The fourth-order valence-electron chi connectivity index (χ4n) is 3.74. The third-order valence-electron chi connectivity index (χ3n) is 5.81. The van der Waals surface area contributed by atoms with Crippen molar-refractivity contribution in [3.8, 4) is 11.5 Å². The first-order valence-electron chi connectivity index (χ1n) is 10.9. The molecule has 1 fully saturated rings. The van der Waals surface area contributed by atoms with Gasteiger partial charge in [0.05, 0.1) is 6.61 Å². The molecule has 32 heavy (non-hydrogen) atoms. The van der Waals surface area contributed by atoms with Crippen LogP contribution in [0.3, 0.4) is 0 Å². The summed E-state index contributed by atoms with van der Waals surface area (Å²) >= 11 is 0. The van der Waals surface area contributed by atoms with Crippen molar-refractivity contribution in [3.63, 3.8) is 0 Å². The number of aliphatic hydroxyl groups is 1. The van der Waals surface area contributed by atoms with Crippen LogP contribution in [0.2, 0.25) is 0 Å². The molecule has 1 N–H and O–H groups in total. The Morgan fingerprint density at radius 3 is 2.06 bits per heavy atom. The fraction of sp³-hybridized carbons (Fsp3) is 0.333. The van der Waals surface area contributed by atoms with E-state index in [0.29, 0.717) is 12.4 Å². The quantitative estimate of drug-likeness (QED) is 0.551. The van der Waals surface area contributed by atoms with Crippen LogP contribution >= 0.6 is 0 Å². The van der Waals surface area contributed by atoms with Crippen LogP contribution in [0.1, 0.15) is 23.6 Å². The molecule has 4 atom stereocenters. The molecule has 3 aromatic carbocycles. The molecule has 1 aliphatic rings. The molecule has 1 saturated heterocycles. The van der Waals surface area contributed by atoms with Crippen molar-refractivity contribution < 1.29 is 24.1 Å². The van der Waals surface area contributed by atoms with Gasteiger partial charge in [0.1, 0.15) is 24.2 Å². The molecule has 0 spiro atoms. The Morgan fingerprint density at radius 2 is 1.44 bits per heavy atom. The Hall–Kier alpha value is -2.86. The Bertz CT molecular complexity index is 987. The topological polar surface area (TPSA) is 57.2 Å². The second kappa shape index (κ2) is 9.74. The second-order valence-electron chi connectivity index (χ2n) is 8.46. The molecule has 1 unspecified atom stereocenters. The third-order valence-corrected chi connectivity index (χ3v) is 5.81. The minimum atomic E-state index is -1.16. The van der Waals surface area contributed by atoms with Crippen molar-refractivity contribution in [2.24, 2.45) is 0 Å². The summed E-state index contributed by atoms with van der Waals surface area (Å²) in [4.78, 5) is 0. The Labute approximate surface area is 189 Å². The van der Waals surface area contributed by atoms with E-state index in [0.717, 1.165) is 22.4 Å². The zero-order valence-corrected chi connectivity index (χ0v) is 18.7. The van der Waals surface area contributed by atoms with Gasteiger partial charge in [0, 0.05) is 0 Å². The van der Waals surface area contributed by atoms with E-state index in [2.05, 4.69) is 0 Å². The van der Waals surface area contributed by atoms with Crippen LogP contribution in [0.4, 0.5) is 0 Å². The molecule has 1 aliphatic heterocycles. The summed E-state index contributed by atoms with van der Waals surface area (Å²) in [7, 11) is 0. The largest absolute Gasteiger partial charge is 0.491 e. The molecule has 0 aliphatic carbocycles. The number of aryl methyl sites for hydroxylation is 2. The van der Waals surface area contributed by atoms with Crippen LogP contribution in [-0.4, -0.2) is 35.8 Å². The lowest BCUT2D eigenvalue weighted by molar-refractivity contribution is -0.196. The van der Waals surface area contributed by atoms with Crippen molar-refractivity contribution >= 4 is 0 Å². The first-order valence-corrected chi connectivity index (χ1v) is 10.9. The number of hydrogen-bond acceptors (Lipinski definition) is 5. The summed E-state index contributed by atoms with van der Waals surface area (Å²) in [6, 6.07) is 25.5. The van der Waals surface area contributed by atoms with Gasteiger partial charge in [0.25, 0.3) is 0 Å². The van der Waals surface area contributed by atoms with Crippen molar-refractivity contribution in [2.75, 3.05) is 6.61 Å². The van der Waals surface area contributed by atoms with Crippen LogP contribution in [-0.2, 0) is 16.1 Å². The van der Waals surface area contributed by atoms with Crippen LogP contribution < -0.4 is 9.47 Å². The summed E-state index contributed by atoms with van der Waals surface area (Å²) in [5.41, 5.74) is 2.23. The Kier molecular flexibility index (Phi) is 6.80. The normalized spacial score (nSPS) is 24.9. The fourth-order valence-corrected chi connectivity index (χ4v) is 3.74. The molecule has 5 heteroatoms. The van der Waals surface area contributed by atoms with Gasteiger partial charge >= 0.3 is 0 Å². The number of rotatable bonds is 8. The highest BCUT2D eigenvalue weighted by molar-refractivity contribution is 5.28. The van der Waals surface area contributed by atoms with Crippen LogP contribution in [0.15, 0.2) is 78.9 Å². The van der Waals surface area contributed by atoms with Gasteiger partial charge < -0.3 is 24.1 Å². The van der Waals surface area contributed by atoms with Crippen molar-refractivity contribution in [3.05, 3.63) is 95.6 Å². The molecule has 0 amide bonds. The van der Waals surface area contributed by atoms with Gasteiger partial charge in [-0.15, -0.1) is 0 Å². The first-order chi connectivity index (χ1) is 15.4. The van der Waals surface area contributed by atoms with Gasteiger partial charge in [-0.05, 0) is 50.6 Å². The van der Waals surface area contributed by atoms with Crippen molar-refractivity contribution in [1.82, 2.24) is 0 Å². The second-order valence-corrected chi connectivity index (χ2v) is 8.46. The van der Waals surface area contributed by atoms with E-state index in [1.54, 1.807) is 0 Å². The molecule has 168 valence electrons. The standard InChI is InChI=1S/C27H30O5/c1-19-9-13-22(14-10-19)29-18-24-25(31-23-15-11-20(2)12-16-23)27(3,26(28)32-24)30-17-21-7-5-4-6-8-21/h4-16,24-26,28H,17-18H2,1-3H3/t24-,25-,26?,27-/m1/s1. The van der Waals surface area contributed by atoms with Gasteiger partial charge in [-0.3, -0.25) is 0 Å². The van der Waals surface area contributed by atoms with E-state index >= 15 is 0 Å². The average molecular weight is 435 g/mol. The third kappa shape index (κ3) is 5.13. The molecule has 0 radical (unpaired) electrons. The van der Waals surface area contributed by atoms with E-state index in [1.807, 2.05) is 99.6 Å². The minimum Gasteiger partial charge on any atom is -0.491 e. The van der Waals surface area contributed by atoms with Gasteiger partial charge in [0.15, 0.2) is 18.0 Å². The van der Waals surface area contributed by atoms with Gasteiger partial charge in [0.2, 0.25) is 0 Å². The van der Waals surface area contributed by atoms with Gasteiger partial charge in [-0.25, -0.2) is 0 Å². The molecule has 4 rings (SSSR count). The van der Waals surface area contributed by atoms with Crippen LogP contribution in [0, 0.1) is 13.8 Å². The SMILES string of the molecule is Cc1ccc(OC[C@H]2OC(O)[C@](C)(OCc3ccccc3)[C@@H]2Oc2ccc(C)cc2)cc1. The lowest BCUT2D eigenvalue weighted by Crippen LogP contribution is -2.51. The van der Waals surface area contributed by atoms with Crippen LogP contribution in [0.25, 0.3) is 0 Å². The first kappa shape index (κ1) is 22.3. The average Bonchev–Trinajstić information content (AvgIpc) is 3.04. The summed E-state index contributed by atoms with van der Waals surface area (Å²) in [6.45, 7) is 6.43. The number of aliphatic hydroxyl groups excluding tert-OH is 1. The van der Waals surface area contributed by atoms with E-state index in [9.17, 15) is 5.11 Å². The maximum absolute atomic E-state index is 10.8. The van der Waals surface area contributed by atoms with E-state index in [-0.39, 0.29) is 6.61 Å². The lowest BCUT2D eigenvalue weighted by atomic mass is 9.96. The zero-order chi connectivity index (χ0) is 22.6. The van der Waals surface area contributed by atoms with Crippen molar-refractivity contribution in [2.45, 2.75) is 51.5 Å². The van der Waals surface area contributed by atoms with Crippen LogP contribution in [0.5, 0.6) is 11.5 Å². The summed E-state index contributed by atoms with van der Waals surface area (Å²) < 4.78 is 24.4. The molecule has 0 saturated carbocycles. The summed E-state index contributed by atoms with van der Waals surface area (Å²) in [6.07, 6.45) is -2.25. The highest BCUT2D eigenvalue weighted by Crippen LogP contribution is 2.37. The number of benzene rings is 3. The Balaban J connectivity index is 1.53. The van der Waals surface area contributed by atoms with Crippen molar-refractivity contribution in [1.29, 1.82) is 0 Å². The summed E-state index contributed by atoms with van der Waals surface area (Å²) in [5, 5.41) is 10.8. The Morgan fingerprint density at radius 1 is 0.844 bits per heavy atom. The number of hydrogen-bond donors (Lipinski definition) is 1. The number of ether oxygens (including phenoxy) is 4. The predicted octanol–water partition coefficient (Wildman–Crippen LogP) is 4.82. The molecule has 0 bridgehead atoms. The predicted molar refractivity (Wildman–Crippen MR) is 123 cm³/mol. The maximum atomic E-state index is 10.8.